The molecule has 2 N–H and O–H groups in total. The van der Waals surface area contributed by atoms with Crippen molar-refractivity contribution in [2.24, 2.45) is 5.92 Å². The van der Waals surface area contributed by atoms with Crippen molar-refractivity contribution in [3.8, 4) is 11.5 Å². The summed E-state index contributed by atoms with van der Waals surface area (Å²) in [6, 6.07) is 15.0. The van der Waals surface area contributed by atoms with Crippen molar-refractivity contribution in [3.05, 3.63) is 54.1 Å². The second-order valence-corrected chi connectivity index (χ2v) is 6.68. The van der Waals surface area contributed by atoms with Crippen LogP contribution in [-0.4, -0.2) is 35.9 Å². The predicted octanol–water partition coefficient (Wildman–Crippen LogP) is 3.39. The lowest BCUT2D eigenvalue weighted by atomic mass is 9.87. The summed E-state index contributed by atoms with van der Waals surface area (Å²) in [6.07, 6.45) is 1.09. The molecule has 0 saturated carbocycles. The monoisotopic (exact) mass is 354 g/mol. The molecule has 4 rings (SSSR count). The number of anilines is 1. The first kappa shape index (κ1) is 16.7. The lowest BCUT2D eigenvalue weighted by Gasteiger charge is -2.34. The molecule has 2 aliphatic rings. The number of ether oxygens (including phenoxy) is 2. The third-order valence-corrected chi connectivity index (χ3v) is 5.04. The van der Waals surface area contributed by atoms with Crippen molar-refractivity contribution < 1.29 is 19.4 Å². The van der Waals surface area contributed by atoms with Gasteiger partial charge in [-0.05, 0) is 36.5 Å². The number of benzene rings is 2. The first-order valence-corrected chi connectivity index (χ1v) is 8.89. The molecule has 6 nitrogen and oxygen atoms in total. The Hall–Kier alpha value is -2.73. The first-order valence-electron chi connectivity index (χ1n) is 8.89. The van der Waals surface area contributed by atoms with Gasteiger partial charge in [-0.3, -0.25) is 0 Å². The molecule has 0 bridgehead atoms. The molecular formula is C20H22N2O4. The quantitative estimate of drug-likeness (QED) is 0.886. The number of hydrogen-bond acceptors (Lipinski definition) is 4. The van der Waals surface area contributed by atoms with Crippen LogP contribution >= 0.6 is 0 Å². The maximum Gasteiger partial charge on any atom is 0.321 e. The zero-order valence-corrected chi connectivity index (χ0v) is 14.4. The summed E-state index contributed by atoms with van der Waals surface area (Å²) >= 11 is 0. The number of piperidine rings is 1. The van der Waals surface area contributed by atoms with Crippen molar-refractivity contribution in [2.45, 2.75) is 18.9 Å². The van der Waals surface area contributed by atoms with Crippen LogP contribution < -0.4 is 14.8 Å². The van der Waals surface area contributed by atoms with Gasteiger partial charge in [-0.1, -0.05) is 30.3 Å². The zero-order chi connectivity index (χ0) is 17.9. The van der Waals surface area contributed by atoms with E-state index in [9.17, 15) is 9.90 Å². The van der Waals surface area contributed by atoms with Gasteiger partial charge >= 0.3 is 6.03 Å². The summed E-state index contributed by atoms with van der Waals surface area (Å²) in [5, 5.41) is 13.5. The minimum Gasteiger partial charge on any atom is -0.454 e. The second-order valence-electron chi connectivity index (χ2n) is 6.68. The molecule has 6 heteroatoms. The lowest BCUT2D eigenvalue weighted by molar-refractivity contribution is 0.0683. The number of likely N-dealkylation sites (tertiary alicyclic amines) is 1. The Labute approximate surface area is 152 Å². The highest BCUT2D eigenvalue weighted by molar-refractivity contribution is 5.89. The van der Waals surface area contributed by atoms with E-state index in [1.807, 2.05) is 30.3 Å². The summed E-state index contributed by atoms with van der Waals surface area (Å²) in [7, 11) is 0. The molecule has 0 radical (unpaired) electrons. The fraction of sp³-hybridized carbons (Fsp3) is 0.350. The van der Waals surface area contributed by atoms with Gasteiger partial charge in [0.15, 0.2) is 11.5 Å². The van der Waals surface area contributed by atoms with E-state index in [4.69, 9.17) is 9.47 Å². The van der Waals surface area contributed by atoms with E-state index in [1.54, 1.807) is 23.1 Å². The number of nitrogens with one attached hydrogen (secondary N) is 1. The van der Waals surface area contributed by atoms with Gasteiger partial charge in [0.2, 0.25) is 6.79 Å². The third kappa shape index (κ3) is 3.46. The molecule has 136 valence electrons. The molecule has 1 atom stereocenters. The lowest BCUT2D eigenvalue weighted by Crippen LogP contribution is -2.42. The van der Waals surface area contributed by atoms with E-state index in [2.05, 4.69) is 5.32 Å². The molecule has 1 fully saturated rings. The van der Waals surface area contributed by atoms with Crippen LogP contribution in [0.15, 0.2) is 48.5 Å². The van der Waals surface area contributed by atoms with Crippen molar-refractivity contribution in [1.82, 2.24) is 4.90 Å². The van der Waals surface area contributed by atoms with Crippen molar-refractivity contribution in [2.75, 3.05) is 25.2 Å². The summed E-state index contributed by atoms with van der Waals surface area (Å²) in [5.74, 6) is 1.51. The van der Waals surface area contributed by atoms with Crippen molar-refractivity contribution >= 4 is 11.7 Å². The molecule has 26 heavy (non-hydrogen) atoms. The van der Waals surface area contributed by atoms with Gasteiger partial charge in [-0.25, -0.2) is 4.79 Å². The van der Waals surface area contributed by atoms with Gasteiger partial charge in [0, 0.05) is 24.8 Å². The van der Waals surface area contributed by atoms with E-state index in [1.165, 1.54) is 0 Å². The first-order chi connectivity index (χ1) is 12.7. The van der Waals surface area contributed by atoms with E-state index in [0.717, 1.165) is 18.4 Å². The Kier molecular flexibility index (Phi) is 4.67. The maximum absolute atomic E-state index is 12.5. The van der Waals surface area contributed by atoms with Crippen LogP contribution in [0.25, 0.3) is 0 Å². The molecule has 2 aromatic carbocycles. The minimum absolute atomic E-state index is 0.128. The molecule has 2 heterocycles. The largest absolute Gasteiger partial charge is 0.454 e. The van der Waals surface area contributed by atoms with Crippen LogP contribution in [0.5, 0.6) is 11.5 Å². The average molecular weight is 354 g/mol. The smallest absolute Gasteiger partial charge is 0.321 e. The van der Waals surface area contributed by atoms with Gasteiger partial charge < -0.3 is 24.8 Å². The van der Waals surface area contributed by atoms with Crippen molar-refractivity contribution in [3.63, 3.8) is 0 Å². The summed E-state index contributed by atoms with van der Waals surface area (Å²) in [6.45, 7) is 1.47. The number of amides is 2. The van der Waals surface area contributed by atoms with Gasteiger partial charge in [-0.2, -0.15) is 0 Å². The van der Waals surface area contributed by atoms with Crippen LogP contribution in [0.4, 0.5) is 10.5 Å². The SMILES string of the molecule is O=C(Nc1ccc2c(c1)OCO2)N1CCC(C(O)c2ccccc2)CC1. The van der Waals surface area contributed by atoms with Gasteiger partial charge in [0.1, 0.15) is 0 Å². The fourth-order valence-electron chi connectivity index (χ4n) is 3.52. The molecule has 0 aromatic heterocycles. The van der Waals surface area contributed by atoms with Gasteiger partial charge in [0.05, 0.1) is 6.10 Å². The van der Waals surface area contributed by atoms with Crippen LogP contribution in [0.2, 0.25) is 0 Å². The molecule has 2 aliphatic heterocycles. The Morgan fingerprint density at radius 2 is 1.81 bits per heavy atom. The van der Waals surface area contributed by atoms with Crippen molar-refractivity contribution in [1.29, 1.82) is 0 Å². The highest BCUT2D eigenvalue weighted by atomic mass is 16.7. The Morgan fingerprint density at radius 3 is 2.58 bits per heavy atom. The summed E-state index contributed by atoms with van der Waals surface area (Å²) in [4.78, 5) is 14.3. The number of aliphatic hydroxyl groups is 1. The third-order valence-electron chi connectivity index (χ3n) is 5.04. The van der Waals surface area contributed by atoms with E-state index in [-0.39, 0.29) is 18.7 Å². The van der Waals surface area contributed by atoms with Crippen LogP contribution in [0.3, 0.4) is 0 Å². The fourth-order valence-corrected chi connectivity index (χ4v) is 3.52. The van der Waals surface area contributed by atoms with Crippen LogP contribution in [0, 0.1) is 5.92 Å². The number of carbonyl (C=O) groups is 1. The zero-order valence-electron chi connectivity index (χ0n) is 14.4. The predicted molar refractivity (Wildman–Crippen MR) is 97.3 cm³/mol. The Bertz CT molecular complexity index is 773. The number of nitrogens with zero attached hydrogens (tertiary/aromatic N) is 1. The van der Waals surface area contributed by atoms with E-state index in [0.29, 0.717) is 30.3 Å². The maximum atomic E-state index is 12.5. The second kappa shape index (κ2) is 7.25. The molecule has 1 saturated heterocycles. The number of rotatable bonds is 3. The number of urea groups is 1. The highest BCUT2D eigenvalue weighted by Crippen LogP contribution is 2.35. The minimum atomic E-state index is -0.477. The highest BCUT2D eigenvalue weighted by Gasteiger charge is 2.28. The van der Waals surface area contributed by atoms with Gasteiger partial charge in [-0.15, -0.1) is 0 Å². The normalized spacial score (nSPS) is 17.8. The molecule has 2 aromatic rings. The molecule has 0 spiro atoms. The number of carbonyl (C=O) groups excluding carboxylic acids is 1. The summed E-state index contributed by atoms with van der Waals surface area (Å²) in [5.41, 5.74) is 1.63. The van der Waals surface area contributed by atoms with Crippen LogP contribution in [0.1, 0.15) is 24.5 Å². The Balaban J connectivity index is 1.32. The molecule has 1 unspecified atom stereocenters. The number of hydrogen-bond donors (Lipinski definition) is 2. The topological polar surface area (TPSA) is 71.0 Å². The molecule has 2 amide bonds. The summed E-state index contributed by atoms with van der Waals surface area (Å²) < 4.78 is 10.6. The molecule has 0 aliphatic carbocycles. The van der Waals surface area contributed by atoms with E-state index < -0.39 is 6.10 Å². The standard InChI is InChI=1S/C20H22N2O4/c23-19(14-4-2-1-3-5-14)15-8-10-22(11-9-15)20(24)21-16-6-7-17-18(12-16)26-13-25-17/h1-7,12,15,19,23H,8-11,13H2,(H,21,24). The average Bonchev–Trinajstić information content (AvgIpc) is 3.16. The number of fused-ring (bicyclic) bond motifs is 1. The molecular weight excluding hydrogens is 332 g/mol. The van der Waals surface area contributed by atoms with E-state index >= 15 is 0 Å². The Morgan fingerprint density at radius 1 is 1.08 bits per heavy atom. The van der Waals surface area contributed by atoms with Gasteiger partial charge in [0.25, 0.3) is 0 Å². The number of aliphatic hydroxyl groups excluding tert-OH is 1. The van der Waals surface area contributed by atoms with Crippen LogP contribution in [-0.2, 0) is 0 Å².